The predicted molar refractivity (Wildman–Crippen MR) is 115 cm³/mol. The molecule has 1 aliphatic heterocycles. The van der Waals surface area contributed by atoms with Crippen LogP contribution in [0.2, 0.25) is 0 Å². The molecule has 1 fully saturated rings. The van der Waals surface area contributed by atoms with Crippen LogP contribution in [0, 0.1) is 6.92 Å². The monoisotopic (exact) mass is 443 g/mol. The second-order valence-electron chi connectivity index (χ2n) is 7.41. The summed E-state index contributed by atoms with van der Waals surface area (Å²) in [5.74, 6) is -1.47. The first-order valence-corrected chi connectivity index (χ1v) is 11.5. The third-order valence-corrected chi connectivity index (χ3v) is 7.09. The van der Waals surface area contributed by atoms with Gasteiger partial charge in [0.15, 0.2) is 0 Å². The number of sulfone groups is 1. The molecule has 1 atom stereocenters. The first-order chi connectivity index (χ1) is 14.7. The van der Waals surface area contributed by atoms with Crippen LogP contribution in [0.3, 0.4) is 0 Å². The molecule has 9 heteroatoms. The number of carbonyl (C=O) groups is 3. The van der Waals surface area contributed by atoms with Gasteiger partial charge in [0.05, 0.1) is 4.90 Å². The molecule has 0 spiro atoms. The maximum absolute atomic E-state index is 13.3. The van der Waals surface area contributed by atoms with Crippen LogP contribution in [-0.2, 0) is 19.4 Å². The number of nitrogens with one attached hydrogen (secondary N) is 1. The molecule has 2 aromatic rings. The Balaban J connectivity index is 1.90. The van der Waals surface area contributed by atoms with Gasteiger partial charge in [0.1, 0.15) is 0 Å². The Bertz CT molecular complexity index is 1060. The van der Waals surface area contributed by atoms with Crippen LogP contribution < -0.4 is 5.32 Å². The lowest BCUT2D eigenvalue weighted by molar-refractivity contribution is -0.138. The molecule has 0 bridgehead atoms. The fourth-order valence-electron chi connectivity index (χ4n) is 3.34. The number of nitrogens with zero attached hydrogens (tertiary/aromatic N) is 2. The van der Waals surface area contributed by atoms with Crippen molar-refractivity contribution in [2.75, 3.05) is 26.2 Å². The smallest absolute Gasteiger partial charge is 0.261 e. The van der Waals surface area contributed by atoms with Gasteiger partial charge < -0.3 is 15.1 Å². The molecule has 1 N–H and O–H groups in total. The summed E-state index contributed by atoms with van der Waals surface area (Å²) in [6.45, 7) is 4.28. The predicted octanol–water partition coefficient (Wildman–Crippen LogP) is 1.22. The molecule has 1 aliphatic rings. The Morgan fingerprint density at radius 1 is 0.871 bits per heavy atom. The third-order valence-electron chi connectivity index (χ3n) is 5.22. The fourth-order valence-corrected chi connectivity index (χ4v) is 4.80. The normalized spacial score (nSPS) is 15.3. The van der Waals surface area contributed by atoms with Gasteiger partial charge in [-0.3, -0.25) is 14.4 Å². The van der Waals surface area contributed by atoms with Gasteiger partial charge in [-0.05, 0) is 31.2 Å². The van der Waals surface area contributed by atoms with Crippen LogP contribution in [0.5, 0.6) is 0 Å². The van der Waals surface area contributed by atoms with E-state index in [9.17, 15) is 22.8 Å². The average molecular weight is 444 g/mol. The van der Waals surface area contributed by atoms with Gasteiger partial charge in [0.2, 0.25) is 21.1 Å². The van der Waals surface area contributed by atoms with Crippen LogP contribution in [-0.4, -0.2) is 67.5 Å². The van der Waals surface area contributed by atoms with E-state index in [2.05, 4.69) is 5.32 Å². The van der Waals surface area contributed by atoms with Gasteiger partial charge in [0, 0.05) is 38.7 Å². The summed E-state index contributed by atoms with van der Waals surface area (Å²) in [5.41, 5.74) is 1.12. The van der Waals surface area contributed by atoms with Crippen LogP contribution >= 0.6 is 0 Å². The summed E-state index contributed by atoms with van der Waals surface area (Å²) >= 11 is 0. The highest BCUT2D eigenvalue weighted by Gasteiger charge is 2.39. The van der Waals surface area contributed by atoms with E-state index >= 15 is 0 Å². The molecule has 1 heterocycles. The zero-order valence-corrected chi connectivity index (χ0v) is 18.3. The van der Waals surface area contributed by atoms with Gasteiger partial charge in [-0.15, -0.1) is 0 Å². The SMILES string of the molecule is CC(=O)N1CCN(C(=O)[C@@H](NC(=O)c2ccccc2)S(=O)(=O)c2ccc(C)cc2)CC1. The van der Waals surface area contributed by atoms with Gasteiger partial charge >= 0.3 is 0 Å². The number of benzene rings is 2. The first kappa shape index (κ1) is 22.5. The van der Waals surface area contributed by atoms with Crippen molar-refractivity contribution in [3.05, 3.63) is 65.7 Å². The van der Waals surface area contributed by atoms with E-state index in [0.717, 1.165) is 5.56 Å². The Labute approximate surface area is 181 Å². The summed E-state index contributed by atoms with van der Waals surface area (Å²) < 4.78 is 26.7. The lowest BCUT2D eigenvalue weighted by Gasteiger charge is -2.36. The van der Waals surface area contributed by atoms with Crippen LogP contribution in [0.1, 0.15) is 22.8 Å². The van der Waals surface area contributed by atoms with Crippen LogP contribution in [0.25, 0.3) is 0 Å². The molecule has 8 nitrogen and oxygen atoms in total. The van der Waals surface area contributed by atoms with E-state index < -0.39 is 27.0 Å². The van der Waals surface area contributed by atoms with Crippen molar-refractivity contribution in [1.82, 2.24) is 15.1 Å². The van der Waals surface area contributed by atoms with E-state index in [0.29, 0.717) is 13.1 Å². The van der Waals surface area contributed by atoms with Crippen LogP contribution in [0.4, 0.5) is 0 Å². The molecule has 3 amide bonds. The van der Waals surface area contributed by atoms with Crippen molar-refractivity contribution in [3.8, 4) is 0 Å². The standard InChI is InChI=1S/C22H25N3O5S/c1-16-8-10-19(11-9-16)31(29,30)21(23-20(27)18-6-4-3-5-7-18)22(28)25-14-12-24(13-15-25)17(2)26/h3-11,21H,12-15H2,1-2H3,(H,23,27)/t21-/m0/s1. The molecule has 1 saturated heterocycles. The van der Waals surface area contributed by atoms with Crippen molar-refractivity contribution < 1.29 is 22.8 Å². The second-order valence-corrected chi connectivity index (χ2v) is 9.44. The van der Waals surface area contributed by atoms with E-state index in [1.165, 1.54) is 24.0 Å². The molecule has 31 heavy (non-hydrogen) atoms. The Morgan fingerprint density at radius 3 is 1.97 bits per heavy atom. The number of aryl methyl sites for hydroxylation is 1. The lowest BCUT2D eigenvalue weighted by atomic mass is 10.2. The molecule has 0 aliphatic carbocycles. The lowest BCUT2D eigenvalue weighted by Crippen LogP contribution is -2.57. The molecular weight excluding hydrogens is 418 g/mol. The maximum atomic E-state index is 13.3. The number of hydrogen-bond donors (Lipinski definition) is 1. The molecule has 164 valence electrons. The second kappa shape index (κ2) is 9.30. The number of rotatable bonds is 5. The third kappa shape index (κ3) is 5.11. The van der Waals surface area contributed by atoms with Crippen molar-refractivity contribution in [2.24, 2.45) is 0 Å². The molecular formula is C22H25N3O5S. The molecule has 0 aromatic heterocycles. The topological polar surface area (TPSA) is 104 Å². The molecule has 0 radical (unpaired) electrons. The summed E-state index contributed by atoms with van der Waals surface area (Å²) in [6, 6.07) is 14.3. The zero-order chi connectivity index (χ0) is 22.6. The fraction of sp³-hybridized carbons (Fsp3) is 0.318. The summed E-state index contributed by atoms with van der Waals surface area (Å²) in [5, 5.41) is 0.648. The largest absolute Gasteiger partial charge is 0.339 e. The number of hydrogen-bond acceptors (Lipinski definition) is 5. The number of amides is 3. The van der Waals surface area contributed by atoms with E-state index in [4.69, 9.17) is 0 Å². The summed E-state index contributed by atoms with van der Waals surface area (Å²) in [7, 11) is -4.20. The quantitative estimate of drug-likeness (QED) is 0.748. The minimum atomic E-state index is -4.20. The molecule has 0 unspecified atom stereocenters. The highest BCUT2D eigenvalue weighted by atomic mass is 32.2. The van der Waals surface area contributed by atoms with E-state index in [1.54, 1.807) is 47.4 Å². The van der Waals surface area contributed by atoms with Gasteiger partial charge in [-0.25, -0.2) is 8.42 Å². The maximum Gasteiger partial charge on any atom is 0.261 e. The summed E-state index contributed by atoms with van der Waals surface area (Å²) in [4.78, 5) is 40.4. The molecule has 0 saturated carbocycles. The van der Waals surface area contributed by atoms with Crippen molar-refractivity contribution in [2.45, 2.75) is 24.1 Å². The average Bonchev–Trinajstić information content (AvgIpc) is 2.77. The van der Waals surface area contributed by atoms with Gasteiger partial charge in [-0.2, -0.15) is 0 Å². The minimum absolute atomic E-state index is 0.0489. The Hall–Kier alpha value is -3.20. The zero-order valence-electron chi connectivity index (χ0n) is 17.4. The molecule has 2 aromatic carbocycles. The van der Waals surface area contributed by atoms with E-state index in [1.807, 2.05) is 6.92 Å². The van der Waals surface area contributed by atoms with Gasteiger partial charge in [-0.1, -0.05) is 35.9 Å². The highest BCUT2D eigenvalue weighted by molar-refractivity contribution is 7.92. The van der Waals surface area contributed by atoms with Crippen molar-refractivity contribution >= 4 is 27.6 Å². The highest BCUT2D eigenvalue weighted by Crippen LogP contribution is 2.19. The van der Waals surface area contributed by atoms with Crippen LogP contribution in [0.15, 0.2) is 59.5 Å². The number of carbonyl (C=O) groups excluding carboxylic acids is 3. The Morgan fingerprint density at radius 2 is 1.42 bits per heavy atom. The minimum Gasteiger partial charge on any atom is -0.339 e. The molecule has 3 rings (SSSR count). The van der Waals surface area contributed by atoms with Gasteiger partial charge in [0.25, 0.3) is 11.8 Å². The Kier molecular flexibility index (Phi) is 6.74. The summed E-state index contributed by atoms with van der Waals surface area (Å²) in [6.07, 6.45) is 0. The van der Waals surface area contributed by atoms with Crippen molar-refractivity contribution in [3.63, 3.8) is 0 Å². The van der Waals surface area contributed by atoms with E-state index in [-0.39, 0.29) is 29.5 Å². The first-order valence-electron chi connectivity index (χ1n) is 9.91. The van der Waals surface area contributed by atoms with Crippen molar-refractivity contribution in [1.29, 1.82) is 0 Å². The number of piperazine rings is 1.